The summed E-state index contributed by atoms with van der Waals surface area (Å²) in [4.78, 5) is 12.8. The van der Waals surface area contributed by atoms with E-state index in [2.05, 4.69) is 10.0 Å². The molecule has 2 N–H and O–H groups in total. The minimum absolute atomic E-state index is 0.174. The largest absolute Gasteiger partial charge is 0.351 e. The number of aryl methyl sites for hydroxylation is 2. The van der Waals surface area contributed by atoms with Crippen LogP contribution in [0.1, 0.15) is 23.1 Å². The van der Waals surface area contributed by atoms with Crippen molar-refractivity contribution in [3.8, 4) is 0 Å². The minimum atomic E-state index is -3.85. The van der Waals surface area contributed by atoms with Gasteiger partial charge in [0.15, 0.2) is 0 Å². The number of carbonyl (C=O) groups excluding carboxylic acids is 1. The molecular weight excluding hydrogens is 399 g/mol. The zero-order valence-electron chi connectivity index (χ0n) is 16.2. The van der Waals surface area contributed by atoms with Crippen molar-refractivity contribution in [2.24, 2.45) is 0 Å². The van der Waals surface area contributed by atoms with Crippen molar-refractivity contribution in [1.82, 2.24) is 10.0 Å². The Morgan fingerprint density at radius 3 is 2.46 bits per heavy atom. The SMILES string of the molecule is CSCC[C@H](NS(=O)(=O)c1cc(C)ccc1C)C(=O)NCc1ccc(F)cc1. The highest BCUT2D eigenvalue weighted by molar-refractivity contribution is 7.98. The molecule has 8 heteroatoms. The van der Waals surface area contributed by atoms with Crippen LogP contribution in [-0.2, 0) is 21.4 Å². The fourth-order valence-corrected chi connectivity index (χ4v) is 4.67. The van der Waals surface area contributed by atoms with Crippen molar-refractivity contribution >= 4 is 27.7 Å². The predicted octanol–water partition coefficient (Wildman–Crippen LogP) is 3.16. The first-order chi connectivity index (χ1) is 13.2. The minimum Gasteiger partial charge on any atom is -0.351 e. The normalized spacial score (nSPS) is 12.6. The van der Waals surface area contributed by atoms with E-state index in [9.17, 15) is 17.6 Å². The summed E-state index contributed by atoms with van der Waals surface area (Å²) in [6.45, 7) is 3.73. The van der Waals surface area contributed by atoms with Crippen LogP contribution >= 0.6 is 11.8 Å². The lowest BCUT2D eigenvalue weighted by Gasteiger charge is -2.19. The smallest absolute Gasteiger partial charge is 0.241 e. The molecule has 0 fully saturated rings. The predicted molar refractivity (Wildman–Crippen MR) is 111 cm³/mol. The van der Waals surface area contributed by atoms with Gasteiger partial charge in [-0.3, -0.25) is 4.79 Å². The van der Waals surface area contributed by atoms with Gasteiger partial charge in [-0.2, -0.15) is 16.5 Å². The van der Waals surface area contributed by atoms with E-state index in [0.29, 0.717) is 17.7 Å². The van der Waals surface area contributed by atoms with Gasteiger partial charge in [0.1, 0.15) is 11.9 Å². The Morgan fingerprint density at radius 2 is 1.82 bits per heavy atom. The van der Waals surface area contributed by atoms with E-state index < -0.39 is 22.0 Å². The highest BCUT2D eigenvalue weighted by Gasteiger charge is 2.26. The van der Waals surface area contributed by atoms with Crippen molar-refractivity contribution in [2.75, 3.05) is 12.0 Å². The van der Waals surface area contributed by atoms with Gasteiger partial charge in [0, 0.05) is 6.54 Å². The van der Waals surface area contributed by atoms with Crippen molar-refractivity contribution < 1.29 is 17.6 Å². The highest BCUT2D eigenvalue weighted by atomic mass is 32.2. The summed E-state index contributed by atoms with van der Waals surface area (Å²) in [7, 11) is -3.85. The summed E-state index contributed by atoms with van der Waals surface area (Å²) in [5, 5.41) is 2.73. The zero-order valence-corrected chi connectivity index (χ0v) is 17.8. The summed E-state index contributed by atoms with van der Waals surface area (Å²) in [5.74, 6) is -0.134. The molecule has 2 rings (SSSR count). The Hall–Kier alpha value is -1.90. The molecule has 0 aliphatic carbocycles. The Balaban J connectivity index is 2.14. The molecular formula is C20H25FN2O3S2. The molecule has 28 heavy (non-hydrogen) atoms. The number of nitrogens with one attached hydrogen (secondary N) is 2. The molecule has 0 aromatic heterocycles. The van der Waals surface area contributed by atoms with Crippen molar-refractivity contribution in [1.29, 1.82) is 0 Å². The number of halogens is 1. The van der Waals surface area contributed by atoms with Crippen LogP contribution < -0.4 is 10.0 Å². The van der Waals surface area contributed by atoms with E-state index in [4.69, 9.17) is 0 Å². The molecule has 2 aromatic rings. The van der Waals surface area contributed by atoms with Crippen LogP contribution in [0.4, 0.5) is 4.39 Å². The third kappa shape index (κ3) is 6.32. The molecule has 5 nitrogen and oxygen atoms in total. The second kappa shape index (κ2) is 10.0. The van der Waals surface area contributed by atoms with Gasteiger partial charge in [-0.1, -0.05) is 24.3 Å². The summed E-state index contributed by atoms with van der Waals surface area (Å²) >= 11 is 1.53. The van der Waals surface area contributed by atoms with Crippen LogP contribution in [0.25, 0.3) is 0 Å². The molecule has 2 aromatic carbocycles. The van der Waals surface area contributed by atoms with Gasteiger partial charge in [-0.05, 0) is 67.2 Å². The lowest BCUT2D eigenvalue weighted by Crippen LogP contribution is -2.46. The molecule has 0 saturated heterocycles. The van der Waals surface area contributed by atoms with Crippen LogP contribution in [0.15, 0.2) is 47.4 Å². The maximum Gasteiger partial charge on any atom is 0.241 e. The van der Waals surface area contributed by atoms with E-state index >= 15 is 0 Å². The monoisotopic (exact) mass is 424 g/mol. The van der Waals surface area contributed by atoms with E-state index in [0.717, 1.165) is 11.1 Å². The number of sulfonamides is 1. The Kier molecular flexibility index (Phi) is 8.03. The summed E-state index contributed by atoms with van der Waals surface area (Å²) in [5.41, 5.74) is 2.18. The Morgan fingerprint density at radius 1 is 1.14 bits per heavy atom. The molecule has 0 heterocycles. The van der Waals surface area contributed by atoms with Gasteiger partial charge in [0.2, 0.25) is 15.9 Å². The number of benzene rings is 2. The number of amides is 1. The van der Waals surface area contributed by atoms with Gasteiger partial charge >= 0.3 is 0 Å². The topological polar surface area (TPSA) is 75.3 Å². The van der Waals surface area contributed by atoms with Gasteiger partial charge < -0.3 is 5.32 Å². The summed E-state index contributed by atoms with van der Waals surface area (Å²) < 4.78 is 41.2. The van der Waals surface area contributed by atoms with Crippen LogP contribution in [0.3, 0.4) is 0 Å². The first kappa shape index (κ1) is 22.4. The number of carbonyl (C=O) groups is 1. The van der Waals surface area contributed by atoms with E-state index in [1.807, 2.05) is 19.2 Å². The standard InChI is InChI=1S/C20H25FN2O3S2/c1-14-4-5-15(2)19(12-14)28(25,26)23-18(10-11-27-3)20(24)22-13-16-6-8-17(21)9-7-16/h4-9,12,18,23H,10-11,13H2,1-3H3,(H,22,24)/t18-/m0/s1. The Labute approximate surface area is 170 Å². The quantitative estimate of drug-likeness (QED) is 0.648. The van der Waals surface area contributed by atoms with E-state index in [1.54, 1.807) is 31.2 Å². The molecule has 0 unspecified atom stereocenters. The van der Waals surface area contributed by atoms with Crippen LogP contribution in [-0.4, -0.2) is 32.4 Å². The summed E-state index contributed by atoms with van der Waals surface area (Å²) in [6, 6.07) is 10.1. The van der Waals surface area contributed by atoms with Gasteiger partial charge in [-0.25, -0.2) is 12.8 Å². The average Bonchev–Trinajstić information content (AvgIpc) is 2.66. The highest BCUT2D eigenvalue weighted by Crippen LogP contribution is 2.18. The molecule has 0 bridgehead atoms. The lowest BCUT2D eigenvalue weighted by molar-refractivity contribution is -0.122. The van der Waals surface area contributed by atoms with E-state index in [1.165, 1.54) is 23.9 Å². The molecule has 0 aliphatic heterocycles. The van der Waals surface area contributed by atoms with Crippen molar-refractivity contribution in [2.45, 2.75) is 37.8 Å². The van der Waals surface area contributed by atoms with Gasteiger partial charge in [0.25, 0.3) is 0 Å². The summed E-state index contributed by atoms with van der Waals surface area (Å²) in [6.07, 6.45) is 2.26. The fraction of sp³-hybridized carbons (Fsp3) is 0.350. The molecule has 0 radical (unpaired) electrons. The fourth-order valence-electron chi connectivity index (χ4n) is 2.64. The second-order valence-corrected chi connectivity index (χ2v) is 9.24. The maximum absolute atomic E-state index is 13.0. The molecule has 1 amide bonds. The third-order valence-electron chi connectivity index (χ3n) is 4.24. The number of rotatable bonds is 9. The molecule has 152 valence electrons. The first-order valence-corrected chi connectivity index (χ1v) is 11.7. The first-order valence-electron chi connectivity index (χ1n) is 8.83. The zero-order chi connectivity index (χ0) is 20.7. The van der Waals surface area contributed by atoms with E-state index in [-0.39, 0.29) is 17.3 Å². The van der Waals surface area contributed by atoms with Crippen molar-refractivity contribution in [3.63, 3.8) is 0 Å². The third-order valence-corrected chi connectivity index (χ3v) is 6.50. The van der Waals surface area contributed by atoms with Crippen LogP contribution in [0.2, 0.25) is 0 Å². The Bertz CT molecular complexity index is 916. The maximum atomic E-state index is 13.0. The van der Waals surface area contributed by atoms with Gasteiger partial charge in [-0.15, -0.1) is 0 Å². The molecule has 0 aliphatic rings. The number of thioether (sulfide) groups is 1. The average molecular weight is 425 g/mol. The number of hydrogen-bond acceptors (Lipinski definition) is 4. The second-order valence-electron chi connectivity index (χ2n) is 6.57. The van der Waals surface area contributed by atoms with Crippen LogP contribution in [0, 0.1) is 19.7 Å². The molecule has 0 spiro atoms. The van der Waals surface area contributed by atoms with Crippen LogP contribution in [0.5, 0.6) is 0 Å². The van der Waals surface area contributed by atoms with Gasteiger partial charge in [0.05, 0.1) is 4.90 Å². The number of hydrogen-bond donors (Lipinski definition) is 2. The molecule has 0 saturated carbocycles. The molecule has 1 atom stereocenters. The lowest BCUT2D eigenvalue weighted by atomic mass is 10.2. The van der Waals surface area contributed by atoms with Crippen molar-refractivity contribution in [3.05, 3.63) is 65.0 Å².